The highest BCUT2D eigenvalue weighted by atomic mass is 32.1. The number of rotatable bonds is 3. The quantitative estimate of drug-likeness (QED) is 0.776. The van der Waals surface area contributed by atoms with Gasteiger partial charge in [0.2, 0.25) is 0 Å². The second-order valence-corrected chi connectivity index (χ2v) is 3.67. The number of hydrogen-bond acceptors (Lipinski definition) is 2. The van der Waals surface area contributed by atoms with Crippen LogP contribution < -0.4 is 10.5 Å². The summed E-state index contributed by atoms with van der Waals surface area (Å²) >= 11 is 4.98. The molecular formula is C11H15NOS. The monoisotopic (exact) mass is 209 g/mol. The molecule has 3 heteroatoms. The third-order valence-corrected chi connectivity index (χ3v) is 2.27. The normalized spacial score (nSPS) is 9.93. The van der Waals surface area contributed by atoms with E-state index in [0.717, 1.165) is 22.4 Å². The van der Waals surface area contributed by atoms with E-state index in [1.165, 1.54) is 0 Å². The maximum Gasteiger partial charge on any atom is 0.119 e. The first kappa shape index (κ1) is 11.0. The van der Waals surface area contributed by atoms with Gasteiger partial charge in [-0.15, -0.1) is 0 Å². The minimum atomic E-state index is 0.447. The Balaban J connectivity index is 3.18. The van der Waals surface area contributed by atoms with E-state index in [4.69, 9.17) is 22.7 Å². The lowest BCUT2D eigenvalue weighted by Crippen LogP contribution is -2.13. The van der Waals surface area contributed by atoms with Gasteiger partial charge < -0.3 is 10.5 Å². The summed E-state index contributed by atoms with van der Waals surface area (Å²) in [5.74, 6) is 0.877. The van der Waals surface area contributed by atoms with Crippen molar-refractivity contribution in [1.29, 1.82) is 0 Å². The molecule has 2 N–H and O–H groups in total. The first-order valence-electron chi connectivity index (χ1n) is 4.60. The fraction of sp³-hybridized carbons (Fsp3) is 0.364. The molecule has 2 nitrogen and oxygen atoms in total. The van der Waals surface area contributed by atoms with E-state index in [1.54, 1.807) is 0 Å². The van der Waals surface area contributed by atoms with E-state index in [2.05, 4.69) is 0 Å². The van der Waals surface area contributed by atoms with Gasteiger partial charge in [0, 0.05) is 5.56 Å². The van der Waals surface area contributed by atoms with Crippen molar-refractivity contribution in [3.8, 4) is 5.75 Å². The summed E-state index contributed by atoms with van der Waals surface area (Å²) in [5.41, 5.74) is 8.73. The van der Waals surface area contributed by atoms with Crippen molar-refractivity contribution in [2.24, 2.45) is 5.73 Å². The third-order valence-electron chi connectivity index (χ3n) is 2.06. The molecule has 1 rings (SSSR count). The van der Waals surface area contributed by atoms with Gasteiger partial charge in [-0.2, -0.15) is 0 Å². The summed E-state index contributed by atoms with van der Waals surface area (Å²) in [4.78, 5) is 0.447. The van der Waals surface area contributed by atoms with Gasteiger partial charge in [-0.1, -0.05) is 12.2 Å². The Morgan fingerprint density at radius 2 is 1.86 bits per heavy atom. The Morgan fingerprint density at radius 3 is 2.21 bits per heavy atom. The molecule has 76 valence electrons. The third kappa shape index (κ3) is 2.23. The topological polar surface area (TPSA) is 35.2 Å². The maximum atomic E-state index is 5.63. The van der Waals surface area contributed by atoms with E-state index in [-0.39, 0.29) is 0 Å². The van der Waals surface area contributed by atoms with Gasteiger partial charge in [-0.3, -0.25) is 0 Å². The Labute approximate surface area is 90.1 Å². The lowest BCUT2D eigenvalue weighted by molar-refractivity contribution is 0.340. The number of ether oxygens (including phenoxy) is 1. The Kier molecular flexibility index (Phi) is 3.47. The molecule has 0 unspecified atom stereocenters. The van der Waals surface area contributed by atoms with Crippen LogP contribution >= 0.6 is 12.2 Å². The molecule has 0 aliphatic rings. The summed E-state index contributed by atoms with van der Waals surface area (Å²) in [6, 6.07) is 3.93. The number of nitrogens with two attached hydrogens (primary N) is 1. The van der Waals surface area contributed by atoms with Crippen LogP contribution in [-0.4, -0.2) is 11.6 Å². The number of thiocarbonyl (C=S) groups is 1. The highest BCUT2D eigenvalue weighted by Crippen LogP contribution is 2.21. The van der Waals surface area contributed by atoms with Gasteiger partial charge in [-0.05, 0) is 44.0 Å². The second kappa shape index (κ2) is 4.42. The number of hydrogen-bond donors (Lipinski definition) is 1. The molecule has 0 fully saturated rings. The summed E-state index contributed by atoms with van der Waals surface area (Å²) < 4.78 is 5.42. The molecule has 0 saturated carbocycles. The molecule has 0 saturated heterocycles. The van der Waals surface area contributed by atoms with Gasteiger partial charge in [-0.25, -0.2) is 0 Å². The fourth-order valence-electron chi connectivity index (χ4n) is 1.56. The fourth-order valence-corrected chi connectivity index (χ4v) is 1.88. The molecule has 0 aliphatic heterocycles. The van der Waals surface area contributed by atoms with Crippen LogP contribution in [0.2, 0.25) is 0 Å². The van der Waals surface area contributed by atoms with Gasteiger partial charge in [0.15, 0.2) is 0 Å². The van der Waals surface area contributed by atoms with Crippen LogP contribution in [0.25, 0.3) is 0 Å². The van der Waals surface area contributed by atoms with Crippen LogP contribution in [0.3, 0.4) is 0 Å². The van der Waals surface area contributed by atoms with Crippen molar-refractivity contribution >= 4 is 17.2 Å². The van der Waals surface area contributed by atoms with Crippen LogP contribution in [0, 0.1) is 13.8 Å². The van der Waals surface area contributed by atoms with Gasteiger partial charge in [0.25, 0.3) is 0 Å². The van der Waals surface area contributed by atoms with Gasteiger partial charge in [0.05, 0.1) is 6.61 Å². The summed E-state index contributed by atoms with van der Waals surface area (Å²) in [7, 11) is 0. The minimum absolute atomic E-state index is 0.447. The lowest BCUT2D eigenvalue weighted by atomic mass is 10.0. The molecule has 0 radical (unpaired) electrons. The summed E-state index contributed by atoms with van der Waals surface area (Å²) in [6.45, 7) is 6.62. The van der Waals surface area contributed by atoms with Gasteiger partial charge in [0.1, 0.15) is 10.7 Å². The van der Waals surface area contributed by atoms with Crippen molar-refractivity contribution < 1.29 is 4.74 Å². The molecule has 0 atom stereocenters. The van der Waals surface area contributed by atoms with E-state index in [1.807, 2.05) is 32.9 Å². The molecular weight excluding hydrogens is 194 g/mol. The van der Waals surface area contributed by atoms with Crippen molar-refractivity contribution in [2.45, 2.75) is 20.8 Å². The second-order valence-electron chi connectivity index (χ2n) is 3.23. The average molecular weight is 209 g/mol. The molecule has 0 heterocycles. The van der Waals surface area contributed by atoms with E-state index < -0.39 is 0 Å². The standard InChI is InChI=1S/C11H15NOS/c1-4-13-9-5-7(2)10(11(12)14)8(3)6-9/h5-6H,4H2,1-3H3,(H2,12,14). The maximum absolute atomic E-state index is 5.63. The van der Waals surface area contributed by atoms with E-state index in [0.29, 0.717) is 11.6 Å². The Bertz CT molecular complexity index is 337. The predicted octanol–water partition coefficient (Wildman–Crippen LogP) is 2.34. The predicted molar refractivity (Wildman–Crippen MR) is 63.0 cm³/mol. The Morgan fingerprint density at radius 1 is 1.36 bits per heavy atom. The average Bonchev–Trinajstić information content (AvgIpc) is 2.01. The zero-order valence-corrected chi connectivity index (χ0v) is 9.57. The molecule has 1 aromatic carbocycles. The number of aryl methyl sites for hydroxylation is 2. The van der Waals surface area contributed by atoms with Crippen molar-refractivity contribution in [1.82, 2.24) is 0 Å². The number of benzene rings is 1. The first-order valence-corrected chi connectivity index (χ1v) is 5.01. The lowest BCUT2D eigenvalue weighted by Gasteiger charge is -2.11. The molecule has 0 amide bonds. The molecule has 0 spiro atoms. The SMILES string of the molecule is CCOc1cc(C)c(C(N)=S)c(C)c1. The highest BCUT2D eigenvalue weighted by molar-refractivity contribution is 7.80. The van der Waals surface area contributed by atoms with Gasteiger partial charge >= 0.3 is 0 Å². The van der Waals surface area contributed by atoms with Crippen LogP contribution in [0.15, 0.2) is 12.1 Å². The Hall–Kier alpha value is -1.09. The van der Waals surface area contributed by atoms with Crippen molar-refractivity contribution in [3.05, 3.63) is 28.8 Å². The molecule has 14 heavy (non-hydrogen) atoms. The highest BCUT2D eigenvalue weighted by Gasteiger charge is 2.07. The smallest absolute Gasteiger partial charge is 0.119 e. The van der Waals surface area contributed by atoms with Crippen molar-refractivity contribution in [2.75, 3.05) is 6.61 Å². The van der Waals surface area contributed by atoms with E-state index in [9.17, 15) is 0 Å². The van der Waals surface area contributed by atoms with Crippen LogP contribution in [-0.2, 0) is 0 Å². The summed E-state index contributed by atoms with van der Waals surface area (Å²) in [6.07, 6.45) is 0. The molecule has 0 aromatic heterocycles. The van der Waals surface area contributed by atoms with Crippen LogP contribution in [0.1, 0.15) is 23.6 Å². The largest absolute Gasteiger partial charge is 0.494 e. The van der Waals surface area contributed by atoms with E-state index >= 15 is 0 Å². The molecule has 0 bridgehead atoms. The minimum Gasteiger partial charge on any atom is -0.494 e. The zero-order chi connectivity index (χ0) is 10.7. The first-order chi connectivity index (χ1) is 6.56. The van der Waals surface area contributed by atoms with Crippen molar-refractivity contribution in [3.63, 3.8) is 0 Å². The molecule has 1 aromatic rings. The molecule has 0 aliphatic carbocycles. The van der Waals surface area contributed by atoms with Crippen LogP contribution in [0.4, 0.5) is 0 Å². The zero-order valence-electron chi connectivity index (χ0n) is 8.76. The summed E-state index contributed by atoms with van der Waals surface area (Å²) in [5, 5.41) is 0. The van der Waals surface area contributed by atoms with Crippen LogP contribution in [0.5, 0.6) is 5.75 Å².